The van der Waals surface area contributed by atoms with E-state index in [-0.39, 0.29) is 18.2 Å². The van der Waals surface area contributed by atoms with E-state index < -0.39 is 11.6 Å². The van der Waals surface area contributed by atoms with Gasteiger partial charge in [-0.25, -0.2) is 4.39 Å². The second-order valence-electron chi connectivity index (χ2n) is 4.14. The molecule has 1 aliphatic heterocycles. The van der Waals surface area contributed by atoms with Crippen molar-refractivity contribution in [1.29, 1.82) is 0 Å². The molecule has 1 heterocycles. The maximum Gasteiger partial charge on any atom is 0.200 e. The Morgan fingerprint density at radius 3 is 2.82 bits per heavy atom. The van der Waals surface area contributed by atoms with Gasteiger partial charge in [0.2, 0.25) is 5.82 Å². The highest BCUT2D eigenvalue weighted by atomic mass is 35.5. The van der Waals surface area contributed by atoms with Gasteiger partial charge in [-0.15, -0.1) is 12.4 Å². The molecule has 0 saturated carbocycles. The van der Waals surface area contributed by atoms with E-state index in [1.807, 2.05) is 7.05 Å². The van der Waals surface area contributed by atoms with E-state index in [0.29, 0.717) is 12.6 Å². The van der Waals surface area contributed by atoms with Gasteiger partial charge in [-0.05, 0) is 38.6 Å². The second-order valence-corrected chi connectivity index (χ2v) is 4.14. The van der Waals surface area contributed by atoms with Crippen molar-refractivity contribution < 1.29 is 13.5 Å². The van der Waals surface area contributed by atoms with E-state index in [1.54, 1.807) is 0 Å². The number of likely N-dealkylation sites (tertiary alicyclic amines) is 1. The van der Waals surface area contributed by atoms with Crippen molar-refractivity contribution >= 4 is 12.4 Å². The third-order valence-corrected chi connectivity index (χ3v) is 3.02. The maximum absolute atomic E-state index is 13.3. The fourth-order valence-corrected chi connectivity index (χ4v) is 1.97. The smallest absolute Gasteiger partial charge is 0.200 e. The summed E-state index contributed by atoms with van der Waals surface area (Å²) in [5.74, 6) is -1.76. The van der Waals surface area contributed by atoms with Crippen molar-refractivity contribution in [3.8, 4) is 5.75 Å². The molecule has 5 heteroatoms. The van der Waals surface area contributed by atoms with Crippen molar-refractivity contribution in [2.24, 2.45) is 0 Å². The van der Waals surface area contributed by atoms with Crippen LogP contribution in [0.25, 0.3) is 0 Å². The summed E-state index contributed by atoms with van der Waals surface area (Å²) in [5.41, 5.74) is 0. The standard InChI is InChI=1S/C12H15F2NO.ClH/c1-15-7-3-4-9(15)8-16-11-6-2-5-10(13)12(11)14;/h2,5-6,9H,3-4,7-8H2,1H3;1H. The average molecular weight is 264 g/mol. The van der Waals surface area contributed by atoms with Crippen molar-refractivity contribution in [2.45, 2.75) is 18.9 Å². The second kappa shape index (κ2) is 6.17. The van der Waals surface area contributed by atoms with Gasteiger partial charge < -0.3 is 9.64 Å². The fraction of sp³-hybridized carbons (Fsp3) is 0.500. The van der Waals surface area contributed by atoms with E-state index in [9.17, 15) is 8.78 Å². The first kappa shape index (κ1) is 14.2. The largest absolute Gasteiger partial charge is 0.489 e. The molecule has 0 amide bonds. The zero-order valence-electron chi connectivity index (χ0n) is 9.66. The molecule has 1 aliphatic rings. The van der Waals surface area contributed by atoms with Crippen LogP contribution in [0.5, 0.6) is 5.75 Å². The lowest BCUT2D eigenvalue weighted by atomic mass is 10.2. The van der Waals surface area contributed by atoms with Crippen molar-refractivity contribution in [1.82, 2.24) is 4.90 Å². The molecule has 1 aromatic rings. The van der Waals surface area contributed by atoms with Crippen molar-refractivity contribution in [2.75, 3.05) is 20.2 Å². The van der Waals surface area contributed by atoms with Crippen LogP contribution < -0.4 is 4.74 Å². The molecular weight excluding hydrogens is 248 g/mol. The van der Waals surface area contributed by atoms with E-state index >= 15 is 0 Å². The Morgan fingerprint density at radius 2 is 2.18 bits per heavy atom. The lowest BCUT2D eigenvalue weighted by Crippen LogP contribution is -2.30. The van der Waals surface area contributed by atoms with E-state index in [2.05, 4.69) is 4.90 Å². The molecule has 1 aromatic carbocycles. The third-order valence-electron chi connectivity index (χ3n) is 3.02. The minimum Gasteiger partial charge on any atom is -0.489 e. The third kappa shape index (κ3) is 3.30. The lowest BCUT2D eigenvalue weighted by Gasteiger charge is -2.19. The van der Waals surface area contributed by atoms with Gasteiger partial charge in [-0.2, -0.15) is 4.39 Å². The molecule has 1 atom stereocenters. The molecule has 1 unspecified atom stereocenters. The number of hydrogen-bond acceptors (Lipinski definition) is 2. The monoisotopic (exact) mass is 263 g/mol. The first-order chi connectivity index (χ1) is 7.68. The van der Waals surface area contributed by atoms with Gasteiger partial charge in [0.25, 0.3) is 0 Å². The Hall–Kier alpha value is -0.870. The normalized spacial score (nSPS) is 20.1. The molecule has 17 heavy (non-hydrogen) atoms. The minimum absolute atomic E-state index is 0. The average Bonchev–Trinajstić information content (AvgIpc) is 2.67. The quantitative estimate of drug-likeness (QED) is 0.832. The highest BCUT2D eigenvalue weighted by Gasteiger charge is 2.22. The van der Waals surface area contributed by atoms with Crippen LogP contribution in [0.3, 0.4) is 0 Å². The summed E-state index contributed by atoms with van der Waals surface area (Å²) >= 11 is 0. The molecule has 2 rings (SSSR count). The van der Waals surface area contributed by atoms with Crippen LogP contribution in [0.15, 0.2) is 18.2 Å². The molecule has 0 radical (unpaired) electrons. The van der Waals surface area contributed by atoms with Crippen LogP contribution in [0.2, 0.25) is 0 Å². The number of rotatable bonds is 3. The van der Waals surface area contributed by atoms with Crippen molar-refractivity contribution in [3.63, 3.8) is 0 Å². The summed E-state index contributed by atoms with van der Waals surface area (Å²) in [5, 5.41) is 0. The fourth-order valence-electron chi connectivity index (χ4n) is 1.97. The van der Waals surface area contributed by atoms with Gasteiger partial charge in [0.05, 0.1) is 0 Å². The molecule has 0 aromatic heterocycles. The number of likely N-dealkylation sites (N-methyl/N-ethyl adjacent to an activating group) is 1. The summed E-state index contributed by atoms with van der Waals surface area (Å²) in [7, 11) is 2.02. The van der Waals surface area contributed by atoms with Gasteiger partial charge in [0.15, 0.2) is 11.6 Å². The Kier molecular flexibility index (Phi) is 5.15. The van der Waals surface area contributed by atoms with Crippen LogP contribution in [0, 0.1) is 11.6 Å². The maximum atomic E-state index is 13.3. The van der Waals surface area contributed by atoms with Gasteiger partial charge in [-0.1, -0.05) is 6.07 Å². The first-order valence-corrected chi connectivity index (χ1v) is 5.45. The predicted molar refractivity (Wildman–Crippen MR) is 64.8 cm³/mol. The van der Waals surface area contributed by atoms with Crippen LogP contribution in [0.4, 0.5) is 8.78 Å². The molecule has 0 spiro atoms. The highest BCUT2D eigenvalue weighted by molar-refractivity contribution is 5.85. The Morgan fingerprint density at radius 1 is 1.41 bits per heavy atom. The molecule has 1 fully saturated rings. The SMILES string of the molecule is CN1CCCC1COc1cccc(F)c1F.Cl. The van der Waals surface area contributed by atoms with Gasteiger partial charge >= 0.3 is 0 Å². The molecular formula is C12H16ClF2NO. The van der Waals surface area contributed by atoms with Crippen LogP contribution in [-0.2, 0) is 0 Å². The Bertz CT molecular complexity index is 376. The number of nitrogens with zero attached hydrogens (tertiary/aromatic N) is 1. The highest BCUT2D eigenvalue weighted by Crippen LogP contribution is 2.21. The number of halogens is 3. The molecule has 2 nitrogen and oxygen atoms in total. The van der Waals surface area contributed by atoms with Crippen molar-refractivity contribution in [3.05, 3.63) is 29.8 Å². The zero-order valence-corrected chi connectivity index (χ0v) is 10.5. The molecule has 0 bridgehead atoms. The lowest BCUT2D eigenvalue weighted by molar-refractivity contribution is 0.191. The molecule has 1 saturated heterocycles. The number of ether oxygens (including phenoxy) is 1. The van der Waals surface area contributed by atoms with E-state index in [4.69, 9.17) is 4.74 Å². The van der Waals surface area contributed by atoms with Crippen LogP contribution in [0.1, 0.15) is 12.8 Å². The van der Waals surface area contributed by atoms with E-state index in [1.165, 1.54) is 12.1 Å². The predicted octanol–water partition coefficient (Wildman–Crippen LogP) is 2.86. The first-order valence-electron chi connectivity index (χ1n) is 5.45. The number of benzene rings is 1. The summed E-state index contributed by atoms with van der Waals surface area (Å²) in [6, 6.07) is 4.30. The Balaban J connectivity index is 0.00000144. The van der Waals surface area contributed by atoms with Crippen LogP contribution in [-0.4, -0.2) is 31.1 Å². The number of hydrogen-bond donors (Lipinski definition) is 0. The summed E-state index contributed by atoms with van der Waals surface area (Å²) in [6.45, 7) is 1.45. The Labute approximate surface area is 106 Å². The van der Waals surface area contributed by atoms with Crippen LogP contribution >= 0.6 is 12.4 Å². The zero-order chi connectivity index (χ0) is 11.5. The minimum atomic E-state index is -0.900. The summed E-state index contributed by atoms with van der Waals surface area (Å²) in [4.78, 5) is 2.18. The van der Waals surface area contributed by atoms with Gasteiger partial charge in [0.1, 0.15) is 6.61 Å². The summed E-state index contributed by atoms with van der Waals surface area (Å²) in [6.07, 6.45) is 2.18. The van der Waals surface area contributed by atoms with Gasteiger partial charge in [0, 0.05) is 6.04 Å². The molecule has 0 N–H and O–H groups in total. The van der Waals surface area contributed by atoms with E-state index in [0.717, 1.165) is 25.5 Å². The summed E-state index contributed by atoms with van der Waals surface area (Å²) < 4.78 is 31.5. The molecule has 0 aliphatic carbocycles. The van der Waals surface area contributed by atoms with Gasteiger partial charge in [-0.3, -0.25) is 0 Å². The topological polar surface area (TPSA) is 12.5 Å². The molecule has 96 valence electrons.